The van der Waals surface area contributed by atoms with Crippen molar-refractivity contribution in [3.63, 3.8) is 0 Å². The molecule has 0 aliphatic carbocycles. The predicted molar refractivity (Wildman–Crippen MR) is 189 cm³/mol. The van der Waals surface area contributed by atoms with E-state index in [1.807, 2.05) is 10.7 Å². The summed E-state index contributed by atoms with van der Waals surface area (Å²) in [4.78, 5) is 4.69. The molecule has 0 amide bonds. The van der Waals surface area contributed by atoms with Gasteiger partial charge in [0.1, 0.15) is 6.33 Å². The van der Waals surface area contributed by atoms with Crippen LogP contribution < -0.4 is 0 Å². The summed E-state index contributed by atoms with van der Waals surface area (Å²) in [6, 6.07) is 41.0. The normalized spacial score (nSPS) is 11.7. The number of rotatable bonds is 5. The molecule has 0 fully saturated rings. The Bertz CT molecular complexity index is 1870. The molecule has 0 saturated heterocycles. The Hall–Kier alpha value is -4.11. The number of benzene rings is 5. The third kappa shape index (κ3) is 6.84. The maximum atomic E-state index is 4.69. The zero-order valence-corrected chi connectivity index (χ0v) is 30.5. The Labute approximate surface area is 288 Å². The molecule has 6 rings (SSSR count). The zero-order valence-electron chi connectivity index (χ0n) is 28.1. The first-order chi connectivity index (χ1) is 21.4. The summed E-state index contributed by atoms with van der Waals surface area (Å²) in [7, 11) is 0. The summed E-state index contributed by atoms with van der Waals surface area (Å²) in [6.45, 7) is 17.8. The summed E-state index contributed by atoms with van der Waals surface area (Å²) in [5.74, 6) is 0.779. The van der Waals surface area contributed by atoms with Crippen molar-refractivity contribution < 1.29 is 20.1 Å². The van der Waals surface area contributed by atoms with Gasteiger partial charge in [-0.2, -0.15) is 5.10 Å². The van der Waals surface area contributed by atoms with E-state index in [-0.39, 0.29) is 30.9 Å². The van der Waals surface area contributed by atoms with Gasteiger partial charge in [-0.05, 0) is 92.9 Å². The Morgan fingerprint density at radius 3 is 1.52 bits per heavy atom. The van der Waals surface area contributed by atoms with Crippen molar-refractivity contribution in [2.24, 2.45) is 0 Å². The van der Waals surface area contributed by atoms with Gasteiger partial charge >= 0.3 is 0 Å². The van der Waals surface area contributed by atoms with Crippen LogP contribution in [0.25, 0.3) is 50.5 Å². The van der Waals surface area contributed by atoms with Crippen LogP contribution in [0.2, 0.25) is 0 Å². The predicted octanol–water partition coefficient (Wildman–Crippen LogP) is 10.9. The molecule has 0 N–H and O–H groups in total. The van der Waals surface area contributed by atoms with Gasteiger partial charge in [-0.1, -0.05) is 108 Å². The third-order valence-electron chi connectivity index (χ3n) is 8.68. The maximum Gasteiger partial charge on any atom is 0.127 e. The van der Waals surface area contributed by atoms with E-state index in [1.165, 1.54) is 33.4 Å². The number of hydrogen-bond acceptors (Lipinski definition) is 2. The van der Waals surface area contributed by atoms with Crippen molar-refractivity contribution in [2.75, 3.05) is 0 Å². The molecule has 0 bridgehead atoms. The van der Waals surface area contributed by atoms with E-state index >= 15 is 0 Å². The average Bonchev–Trinajstić information content (AvgIpc) is 3.50. The van der Waals surface area contributed by atoms with Crippen LogP contribution in [0, 0.1) is 19.9 Å². The molecule has 5 aromatic carbocycles. The van der Waals surface area contributed by atoms with Gasteiger partial charge in [0, 0.05) is 20.1 Å². The molecule has 1 heterocycles. The summed E-state index contributed by atoms with van der Waals surface area (Å²) in [6.07, 6.45) is 1.63. The first-order valence-electron chi connectivity index (χ1n) is 15.7. The fraction of sp³-hybridized carbons (Fsp3) is 0.238. The fourth-order valence-electron chi connectivity index (χ4n) is 5.96. The largest absolute Gasteiger partial charge is 0.264 e. The van der Waals surface area contributed by atoms with Crippen LogP contribution in [-0.2, 0) is 30.9 Å². The van der Waals surface area contributed by atoms with Crippen LogP contribution in [0.1, 0.15) is 63.8 Å². The minimum absolute atomic E-state index is 0. The molecule has 1 aromatic heterocycles. The topological polar surface area (TPSA) is 30.7 Å². The van der Waals surface area contributed by atoms with E-state index in [0.717, 1.165) is 39.3 Å². The van der Waals surface area contributed by atoms with Crippen LogP contribution in [-0.4, -0.2) is 14.8 Å². The standard InChI is InChI=1S/C42H42N3.Ir/c1-28-11-9-12-29(2)39(28)45-40(43-27-44-45)33-14-10-13-32(23-33)36-25-34(30-15-19-37(20-16-30)41(3,4)5)24-35(26-36)31-17-21-38(22-18-31)42(6,7)8;/h9-13,15-27H,1-8H3;/q-1;. The minimum Gasteiger partial charge on any atom is -0.264 e. The number of nitrogens with zero attached hydrogens (tertiary/aromatic N) is 3. The van der Waals surface area contributed by atoms with Crippen LogP contribution in [0.4, 0.5) is 0 Å². The molecule has 0 atom stereocenters. The van der Waals surface area contributed by atoms with Gasteiger partial charge in [0.15, 0.2) is 0 Å². The molecule has 0 spiro atoms. The van der Waals surface area contributed by atoms with Gasteiger partial charge in [0.2, 0.25) is 0 Å². The second kappa shape index (κ2) is 12.9. The molecule has 4 heteroatoms. The fourth-order valence-corrected chi connectivity index (χ4v) is 5.96. The second-order valence-corrected chi connectivity index (χ2v) is 14.2. The SMILES string of the molecule is Cc1cccc(C)c1-n1ncnc1-c1[c-]ccc(-c2cc(-c3ccc(C(C)(C)C)cc3)cc(-c3ccc(C(C)(C)C)cc3)c2)c1.[Ir]. The van der Waals surface area contributed by atoms with Crippen LogP contribution in [0.3, 0.4) is 0 Å². The van der Waals surface area contributed by atoms with Gasteiger partial charge < -0.3 is 0 Å². The third-order valence-corrected chi connectivity index (χ3v) is 8.68. The average molecular weight is 781 g/mol. The van der Waals surface area contributed by atoms with Gasteiger partial charge in [0.25, 0.3) is 0 Å². The quantitative estimate of drug-likeness (QED) is 0.163. The van der Waals surface area contributed by atoms with Crippen LogP contribution in [0.5, 0.6) is 0 Å². The molecule has 235 valence electrons. The molecule has 3 nitrogen and oxygen atoms in total. The molecule has 1 radical (unpaired) electrons. The van der Waals surface area contributed by atoms with E-state index < -0.39 is 0 Å². The number of hydrogen-bond donors (Lipinski definition) is 0. The van der Waals surface area contributed by atoms with Gasteiger partial charge in [0.05, 0.1) is 11.5 Å². The second-order valence-electron chi connectivity index (χ2n) is 14.2. The van der Waals surface area contributed by atoms with Crippen LogP contribution >= 0.6 is 0 Å². The molecular weight excluding hydrogens is 739 g/mol. The first-order valence-corrected chi connectivity index (χ1v) is 15.7. The molecule has 0 unspecified atom stereocenters. The Balaban J connectivity index is 0.00000417. The number of aromatic nitrogens is 3. The Kier molecular flexibility index (Phi) is 9.36. The van der Waals surface area contributed by atoms with E-state index in [2.05, 4.69) is 169 Å². The Morgan fingerprint density at radius 2 is 1.04 bits per heavy atom. The van der Waals surface area contributed by atoms with Crippen LogP contribution in [0.15, 0.2) is 109 Å². The van der Waals surface area contributed by atoms with E-state index in [4.69, 9.17) is 0 Å². The molecule has 46 heavy (non-hydrogen) atoms. The van der Waals surface area contributed by atoms with E-state index in [9.17, 15) is 0 Å². The molecular formula is C42H42IrN3-. The molecule has 6 aromatic rings. The monoisotopic (exact) mass is 781 g/mol. The smallest absolute Gasteiger partial charge is 0.127 e. The van der Waals surface area contributed by atoms with E-state index in [1.54, 1.807) is 6.33 Å². The summed E-state index contributed by atoms with van der Waals surface area (Å²) in [5.41, 5.74) is 14.2. The molecule has 0 saturated carbocycles. The summed E-state index contributed by atoms with van der Waals surface area (Å²) in [5, 5.41) is 4.63. The van der Waals surface area contributed by atoms with E-state index in [0.29, 0.717) is 0 Å². The van der Waals surface area contributed by atoms with Crippen molar-refractivity contribution in [1.82, 2.24) is 14.8 Å². The van der Waals surface area contributed by atoms with Crippen molar-refractivity contribution in [2.45, 2.75) is 66.2 Å². The first kappa shape index (κ1) is 33.3. The van der Waals surface area contributed by atoms with Crippen molar-refractivity contribution in [3.8, 4) is 50.5 Å². The van der Waals surface area contributed by atoms with Crippen molar-refractivity contribution in [3.05, 3.63) is 138 Å². The van der Waals surface area contributed by atoms with Gasteiger partial charge in [-0.15, -0.1) is 35.4 Å². The van der Waals surface area contributed by atoms with Gasteiger partial charge in [-0.25, -0.2) is 0 Å². The Morgan fingerprint density at radius 1 is 0.565 bits per heavy atom. The van der Waals surface area contributed by atoms with Gasteiger partial charge in [-0.3, -0.25) is 9.67 Å². The minimum atomic E-state index is 0. The van der Waals surface area contributed by atoms with Crippen molar-refractivity contribution in [1.29, 1.82) is 0 Å². The molecule has 0 aliphatic rings. The number of aryl methyl sites for hydroxylation is 2. The summed E-state index contributed by atoms with van der Waals surface area (Å²) >= 11 is 0. The maximum absolute atomic E-state index is 4.69. The molecule has 0 aliphatic heterocycles. The van der Waals surface area contributed by atoms with Crippen molar-refractivity contribution >= 4 is 0 Å². The zero-order chi connectivity index (χ0) is 31.9. The summed E-state index contributed by atoms with van der Waals surface area (Å²) < 4.78 is 1.94. The number of para-hydroxylation sites is 1.